The number of rotatable bonds is 4. The lowest BCUT2D eigenvalue weighted by Gasteiger charge is -2.10. The van der Waals surface area contributed by atoms with Crippen LogP contribution in [0.3, 0.4) is 0 Å². The number of nitro groups is 1. The van der Waals surface area contributed by atoms with E-state index in [4.69, 9.17) is 9.84 Å². The maximum absolute atomic E-state index is 11.0. The van der Waals surface area contributed by atoms with Crippen LogP contribution in [0.15, 0.2) is 30.3 Å². The quantitative estimate of drug-likeness (QED) is 0.664. The number of nitrogens with zero attached hydrogens (tertiary/aromatic N) is 1. The van der Waals surface area contributed by atoms with Crippen molar-refractivity contribution in [3.63, 3.8) is 0 Å². The van der Waals surface area contributed by atoms with Gasteiger partial charge in [-0.1, -0.05) is 24.3 Å². The van der Waals surface area contributed by atoms with Crippen LogP contribution in [0.1, 0.15) is 5.56 Å². The van der Waals surface area contributed by atoms with Crippen molar-refractivity contribution >= 4 is 16.5 Å². The molecule has 18 heavy (non-hydrogen) atoms. The van der Waals surface area contributed by atoms with Crippen LogP contribution in [0, 0.1) is 10.1 Å². The van der Waals surface area contributed by atoms with Gasteiger partial charge in [0.1, 0.15) is 0 Å². The van der Waals surface area contributed by atoms with Crippen molar-refractivity contribution in [1.82, 2.24) is 0 Å². The Hall–Kier alpha value is -2.14. The number of hydrogen-bond donors (Lipinski definition) is 1. The first-order valence-corrected chi connectivity index (χ1v) is 5.53. The van der Waals surface area contributed by atoms with Gasteiger partial charge in [0, 0.05) is 18.1 Å². The van der Waals surface area contributed by atoms with Crippen LogP contribution >= 0.6 is 0 Å². The maximum Gasteiger partial charge on any atom is 0.311 e. The summed E-state index contributed by atoms with van der Waals surface area (Å²) < 4.78 is 5.15. The van der Waals surface area contributed by atoms with Crippen LogP contribution in [0.25, 0.3) is 10.8 Å². The third-order valence-electron chi connectivity index (χ3n) is 2.84. The van der Waals surface area contributed by atoms with Crippen molar-refractivity contribution < 1.29 is 14.8 Å². The molecular weight excluding hydrogens is 234 g/mol. The summed E-state index contributed by atoms with van der Waals surface area (Å²) in [5.41, 5.74) is 0.681. The summed E-state index contributed by atoms with van der Waals surface area (Å²) in [4.78, 5) is 10.6. The largest absolute Gasteiger partial charge is 0.490 e. The van der Waals surface area contributed by atoms with Crippen LogP contribution in [-0.2, 0) is 6.42 Å². The van der Waals surface area contributed by atoms with Crippen LogP contribution in [0.4, 0.5) is 5.69 Å². The maximum atomic E-state index is 11.0. The molecule has 2 aromatic carbocycles. The number of aliphatic hydroxyl groups excluding tert-OH is 1. The molecule has 5 nitrogen and oxygen atoms in total. The SMILES string of the molecule is COc1c([N+](=O)[O-])cc(CCO)c2ccccc12. The lowest BCUT2D eigenvalue weighted by Crippen LogP contribution is -1.99. The van der Waals surface area contributed by atoms with Gasteiger partial charge in [0.05, 0.1) is 12.0 Å². The third-order valence-corrected chi connectivity index (χ3v) is 2.84. The second-order valence-electron chi connectivity index (χ2n) is 3.86. The molecule has 0 amide bonds. The monoisotopic (exact) mass is 247 g/mol. The summed E-state index contributed by atoms with van der Waals surface area (Å²) in [5, 5.41) is 21.6. The van der Waals surface area contributed by atoms with Gasteiger partial charge in [-0.2, -0.15) is 0 Å². The molecule has 94 valence electrons. The second-order valence-corrected chi connectivity index (χ2v) is 3.86. The lowest BCUT2D eigenvalue weighted by atomic mass is 10.0. The van der Waals surface area contributed by atoms with Crippen molar-refractivity contribution in [2.24, 2.45) is 0 Å². The minimum atomic E-state index is -0.466. The Morgan fingerprint density at radius 2 is 2.00 bits per heavy atom. The first kappa shape index (κ1) is 12.3. The van der Waals surface area contributed by atoms with Crippen LogP contribution in [-0.4, -0.2) is 23.7 Å². The first-order valence-electron chi connectivity index (χ1n) is 5.53. The van der Waals surface area contributed by atoms with E-state index < -0.39 is 4.92 Å². The highest BCUT2D eigenvalue weighted by Crippen LogP contribution is 2.37. The van der Waals surface area contributed by atoms with Crippen molar-refractivity contribution in [2.75, 3.05) is 13.7 Å². The fourth-order valence-corrected chi connectivity index (χ4v) is 2.08. The van der Waals surface area contributed by atoms with Gasteiger partial charge in [0.25, 0.3) is 0 Å². The fourth-order valence-electron chi connectivity index (χ4n) is 2.08. The van der Waals surface area contributed by atoms with Crippen LogP contribution in [0.2, 0.25) is 0 Å². The zero-order valence-corrected chi connectivity index (χ0v) is 9.92. The normalized spacial score (nSPS) is 10.6. The molecule has 2 aromatic rings. The number of ether oxygens (including phenoxy) is 1. The Labute approximate surface area is 104 Å². The summed E-state index contributed by atoms with van der Waals surface area (Å²) in [6.45, 7) is -0.0481. The molecule has 0 aliphatic carbocycles. The number of nitro benzene ring substituents is 1. The zero-order chi connectivity index (χ0) is 13.1. The molecule has 0 aliphatic rings. The van der Waals surface area contributed by atoms with E-state index in [0.717, 1.165) is 10.9 Å². The van der Waals surface area contributed by atoms with Crippen LogP contribution < -0.4 is 4.74 Å². The van der Waals surface area contributed by atoms with Crippen molar-refractivity contribution in [2.45, 2.75) is 6.42 Å². The van der Waals surface area contributed by atoms with Gasteiger partial charge in [0.15, 0.2) is 0 Å². The third kappa shape index (κ3) is 2.00. The number of fused-ring (bicyclic) bond motifs is 1. The molecule has 5 heteroatoms. The molecule has 0 atom stereocenters. The van der Waals surface area contributed by atoms with E-state index in [2.05, 4.69) is 0 Å². The van der Waals surface area contributed by atoms with Gasteiger partial charge >= 0.3 is 5.69 Å². The zero-order valence-electron chi connectivity index (χ0n) is 9.92. The average molecular weight is 247 g/mol. The summed E-state index contributed by atoms with van der Waals surface area (Å²) in [6, 6.07) is 8.78. The summed E-state index contributed by atoms with van der Waals surface area (Å²) in [5.74, 6) is 0.261. The Kier molecular flexibility index (Phi) is 3.43. The van der Waals surface area contributed by atoms with Gasteiger partial charge in [-0.3, -0.25) is 10.1 Å². The minimum absolute atomic E-state index is 0.0481. The highest BCUT2D eigenvalue weighted by Gasteiger charge is 2.20. The Balaban J connectivity index is 2.81. The van der Waals surface area contributed by atoms with E-state index in [1.165, 1.54) is 13.2 Å². The molecule has 0 saturated heterocycles. The molecule has 0 aliphatic heterocycles. The average Bonchev–Trinajstić information content (AvgIpc) is 2.38. The van der Waals surface area contributed by atoms with Crippen molar-refractivity contribution in [3.8, 4) is 5.75 Å². The van der Waals surface area contributed by atoms with E-state index in [0.29, 0.717) is 11.8 Å². The molecule has 2 rings (SSSR count). The van der Waals surface area contributed by atoms with E-state index in [1.54, 1.807) is 12.1 Å². The van der Waals surface area contributed by atoms with E-state index >= 15 is 0 Å². The molecule has 0 bridgehead atoms. The summed E-state index contributed by atoms with van der Waals surface area (Å²) >= 11 is 0. The van der Waals surface area contributed by atoms with Crippen molar-refractivity contribution in [1.29, 1.82) is 0 Å². The molecule has 0 saturated carbocycles. The minimum Gasteiger partial charge on any atom is -0.490 e. The topological polar surface area (TPSA) is 72.6 Å². The van der Waals surface area contributed by atoms with Gasteiger partial charge in [-0.15, -0.1) is 0 Å². The molecule has 0 heterocycles. The number of aliphatic hydroxyl groups is 1. The molecule has 0 aromatic heterocycles. The number of hydrogen-bond acceptors (Lipinski definition) is 4. The Morgan fingerprint density at radius 3 is 2.56 bits per heavy atom. The van der Waals surface area contributed by atoms with Gasteiger partial charge < -0.3 is 9.84 Å². The Bertz CT molecular complexity index is 595. The molecule has 0 radical (unpaired) electrons. The molecule has 1 N–H and O–H groups in total. The van der Waals surface area contributed by atoms with Gasteiger partial charge in [0.2, 0.25) is 5.75 Å². The van der Waals surface area contributed by atoms with E-state index in [1.807, 2.05) is 12.1 Å². The van der Waals surface area contributed by atoms with Crippen molar-refractivity contribution in [3.05, 3.63) is 46.0 Å². The molecular formula is C13H13NO4. The van der Waals surface area contributed by atoms with E-state index in [9.17, 15) is 10.1 Å². The Morgan fingerprint density at radius 1 is 1.33 bits per heavy atom. The number of benzene rings is 2. The lowest BCUT2D eigenvalue weighted by molar-refractivity contribution is -0.385. The smallest absolute Gasteiger partial charge is 0.311 e. The van der Waals surface area contributed by atoms with Crippen LogP contribution in [0.5, 0.6) is 5.75 Å². The highest BCUT2D eigenvalue weighted by molar-refractivity contribution is 5.94. The summed E-state index contributed by atoms with van der Waals surface area (Å²) in [6.07, 6.45) is 0.380. The predicted octanol–water partition coefficient (Wildman–Crippen LogP) is 2.29. The standard InChI is InChI=1S/C13H13NO4/c1-18-13-11-5-3-2-4-10(11)9(6-7-15)8-12(13)14(16)17/h2-5,8,15H,6-7H2,1H3. The second kappa shape index (κ2) is 5.01. The fraction of sp³-hybridized carbons (Fsp3) is 0.231. The van der Waals surface area contributed by atoms with Gasteiger partial charge in [-0.25, -0.2) is 0 Å². The molecule has 0 spiro atoms. The highest BCUT2D eigenvalue weighted by atomic mass is 16.6. The number of methoxy groups -OCH3 is 1. The first-order chi connectivity index (χ1) is 8.69. The molecule has 0 fully saturated rings. The molecule has 0 unspecified atom stereocenters. The van der Waals surface area contributed by atoms with Gasteiger partial charge in [-0.05, 0) is 17.4 Å². The predicted molar refractivity (Wildman–Crippen MR) is 67.9 cm³/mol. The van der Waals surface area contributed by atoms with E-state index in [-0.39, 0.29) is 18.0 Å². The summed E-state index contributed by atoms with van der Waals surface area (Å²) in [7, 11) is 1.42.